The molecule has 2 amide bonds. The number of hydrogen-bond acceptors (Lipinski definition) is 1. The van der Waals surface area contributed by atoms with Crippen molar-refractivity contribution in [1.29, 1.82) is 0 Å². The van der Waals surface area contributed by atoms with Crippen LogP contribution in [0.15, 0.2) is 42.5 Å². The number of urea groups is 1. The summed E-state index contributed by atoms with van der Waals surface area (Å²) in [5.74, 6) is 0. The van der Waals surface area contributed by atoms with Crippen molar-refractivity contribution in [3.8, 4) is 0 Å². The molecule has 0 saturated carbocycles. The highest BCUT2D eigenvalue weighted by atomic mass is 16.2. The number of anilines is 1. The highest BCUT2D eigenvalue weighted by molar-refractivity contribution is 5.94. The average molecular weight is 212 g/mol. The Bertz CT molecular complexity index is 546. The standard InChI is InChI=1S/C13H12N2O/c16-13(15-7-8-15)14-12-6-5-10-3-1-2-4-11(10)9-12/h1-6,9H,7-8H2,(H,14,16). The molecule has 1 aliphatic rings. The SMILES string of the molecule is O=C(Nc1ccc2ccccc2c1)N1CC1. The predicted octanol–water partition coefficient (Wildman–Crippen LogP) is 2.69. The summed E-state index contributed by atoms with van der Waals surface area (Å²) >= 11 is 0. The van der Waals surface area contributed by atoms with Crippen molar-refractivity contribution in [3.63, 3.8) is 0 Å². The molecule has 3 nitrogen and oxygen atoms in total. The van der Waals surface area contributed by atoms with Crippen LogP contribution in [0.5, 0.6) is 0 Å². The molecule has 1 N–H and O–H groups in total. The van der Waals surface area contributed by atoms with E-state index in [1.807, 2.05) is 36.4 Å². The van der Waals surface area contributed by atoms with Crippen LogP contribution in [0.1, 0.15) is 0 Å². The van der Waals surface area contributed by atoms with Gasteiger partial charge < -0.3 is 10.2 Å². The molecule has 3 rings (SSSR count). The molecule has 0 aliphatic carbocycles. The second kappa shape index (κ2) is 3.52. The Balaban J connectivity index is 1.89. The van der Waals surface area contributed by atoms with Gasteiger partial charge in [-0.2, -0.15) is 0 Å². The number of carbonyl (C=O) groups is 1. The lowest BCUT2D eigenvalue weighted by molar-refractivity contribution is 0.242. The first-order valence-electron chi connectivity index (χ1n) is 5.38. The maximum absolute atomic E-state index is 11.5. The summed E-state index contributed by atoms with van der Waals surface area (Å²) in [4.78, 5) is 13.3. The number of carbonyl (C=O) groups excluding carboxylic acids is 1. The van der Waals surface area contributed by atoms with Crippen LogP contribution in [-0.2, 0) is 0 Å². The first-order valence-corrected chi connectivity index (χ1v) is 5.38. The van der Waals surface area contributed by atoms with Crippen molar-refractivity contribution in [2.24, 2.45) is 0 Å². The fourth-order valence-electron chi connectivity index (χ4n) is 1.72. The lowest BCUT2D eigenvalue weighted by Gasteiger charge is -2.06. The molecule has 1 heterocycles. The summed E-state index contributed by atoms with van der Waals surface area (Å²) < 4.78 is 0. The van der Waals surface area contributed by atoms with Crippen LogP contribution in [0.25, 0.3) is 10.8 Å². The van der Waals surface area contributed by atoms with Crippen LogP contribution in [0.3, 0.4) is 0 Å². The number of fused-ring (bicyclic) bond motifs is 1. The van der Waals surface area contributed by atoms with Crippen LogP contribution in [0, 0.1) is 0 Å². The Hall–Kier alpha value is -2.03. The second-order valence-electron chi connectivity index (χ2n) is 3.98. The molecule has 0 bridgehead atoms. The number of rotatable bonds is 1. The van der Waals surface area contributed by atoms with E-state index in [1.54, 1.807) is 4.90 Å². The summed E-state index contributed by atoms with van der Waals surface area (Å²) in [6, 6.07) is 14.1. The Morgan fingerprint density at radius 3 is 2.56 bits per heavy atom. The number of nitrogens with one attached hydrogen (secondary N) is 1. The van der Waals surface area contributed by atoms with Crippen LogP contribution < -0.4 is 5.32 Å². The zero-order valence-electron chi connectivity index (χ0n) is 8.81. The van der Waals surface area contributed by atoms with E-state index >= 15 is 0 Å². The monoisotopic (exact) mass is 212 g/mol. The van der Waals surface area contributed by atoms with Gasteiger partial charge in [-0.3, -0.25) is 0 Å². The fourth-order valence-corrected chi connectivity index (χ4v) is 1.72. The maximum Gasteiger partial charge on any atom is 0.321 e. The molecule has 16 heavy (non-hydrogen) atoms. The predicted molar refractivity (Wildman–Crippen MR) is 64.5 cm³/mol. The van der Waals surface area contributed by atoms with Gasteiger partial charge in [-0.1, -0.05) is 30.3 Å². The zero-order chi connectivity index (χ0) is 11.0. The summed E-state index contributed by atoms with van der Waals surface area (Å²) in [5, 5.41) is 5.21. The van der Waals surface area contributed by atoms with Crippen LogP contribution in [-0.4, -0.2) is 24.0 Å². The van der Waals surface area contributed by atoms with Crippen molar-refractivity contribution >= 4 is 22.5 Å². The molecule has 3 heteroatoms. The molecule has 80 valence electrons. The third-order valence-electron chi connectivity index (χ3n) is 2.74. The highest BCUT2D eigenvalue weighted by Gasteiger charge is 2.23. The largest absolute Gasteiger partial charge is 0.321 e. The molecule has 1 aliphatic heterocycles. The van der Waals surface area contributed by atoms with Crippen LogP contribution in [0.4, 0.5) is 10.5 Å². The van der Waals surface area contributed by atoms with Gasteiger partial charge in [-0.15, -0.1) is 0 Å². The summed E-state index contributed by atoms with van der Waals surface area (Å²) in [5.41, 5.74) is 0.857. The van der Waals surface area contributed by atoms with E-state index in [0.717, 1.165) is 24.2 Å². The minimum absolute atomic E-state index is 0.00437. The Kier molecular flexibility index (Phi) is 2.03. The van der Waals surface area contributed by atoms with Crippen molar-refractivity contribution in [1.82, 2.24) is 4.90 Å². The highest BCUT2D eigenvalue weighted by Crippen LogP contribution is 2.19. The molecule has 0 atom stereocenters. The second-order valence-corrected chi connectivity index (χ2v) is 3.98. The Morgan fingerprint density at radius 1 is 1.06 bits per heavy atom. The number of benzene rings is 2. The van der Waals surface area contributed by atoms with E-state index in [2.05, 4.69) is 11.4 Å². The molecular weight excluding hydrogens is 200 g/mol. The third-order valence-corrected chi connectivity index (χ3v) is 2.74. The smallest absolute Gasteiger partial charge is 0.321 e. The first-order chi connectivity index (χ1) is 7.83. The van der Waals surface area contributed by atoms with Crippen molar-refractivity contribution in [3.05, 3.63) is 42.5 Å². The lowest BCUT2D eigenvalue weighted by atomic mass is 10.1. The molecular formula is C13H12N2O. The molecule has 0 radical (unpaired) electrons. The summed E-state index contributed by atoms with van der Waals surface area (Å²) in [6.45, 7) is 1.75. The van der Waals surface area contributed by atoms with Crippen molar-refractivity contribution in [2.75, 3.05) is 18.4 Å². The number of amides is 2. The molecule has 1 saturated heterocycles. The fraction of sp³-hybridized carbons (Fsp3) is 0.154. The van der Waals surface area contributed by atoms with E-state index < -0.39 is 0 Å². The maximum atomic E-state index is 11.5. The van der Waals surface area contributed by atoms with Gasteiger partial charge in [0, 0.05) is 18.8 Å². The lowest BCUT2D eigenvalue weighted by Crippen LogP contribution is -2.18. The molecule has 0 spiro atoms. The van der Waals surface area contributed by atoms with Crippen molar-refractivity contribution in [2.45, 2.75) is 0 Å². The van der Waals surface area contributed by atoms with Crippen LogP contribution in [0.2, 0.25) is 0 Å². The van der Waals surface area contributed by atoms with Gasteiger partial charge in [0.25, 0.3) is 0 Å². The van der Waals surface area contributed by atoms with Gasteiger partial charge in [-0.05, 0) is 22.9 Å². The topological polar surface area (TPSA) is 32.1 Å². The van der Waals surface area contributed by atoms with Crippen molar-refractivity contribution < 1.29 is 4.79 Å². The minimum Gasteiger partial charge on any atom is -0.321 e. The summed E-state index contributed by atoms with van der Waals surface area (Å²) in [7, 11) is 0. The minimum atomic E-state index is -0.00437. The van der Waals surface area contributed by atoms with E-state index in [9.17, 15) is 4.79 Å². The molecule has 2 aromatic rings. The molecule has 1 fully saturated rings. The molecule has 0 aromatic heterocycles. The van der Waals surface area contributed by atoms with Gasteiger partial charge in [0.05, 0.1) is 0 Å². The first kappa shape index (κ1) is 9.21. The number of hydrogen-bond donors (Lipinski definition) is 1. The Labute approximate surface area is 93.7 Å². The van der Waals surface area contributed by atoms with E-state index in [4.69, 9.17) is 0 Å². The quantitative estimate of drug-likeness (QED) is 0.724. The van der Waals surface area contributed by atoms with E-state index in [1.165, 1.54) is 5.39 Å². The van der Waals surface area contributed by atoms with E-state index in [-0.39, 0.29) is 6.03 Å². The molecule has 2 aromatic carbocycles. The van der Waals surface area contributed by atoms with Gasteiger partial charge in [-0.25, -0.2) is 4.79 Å². The third kappa shape index (κ3) is 1.72. The molecule has 0 unspecified atom stereocenters. The average Bonchev–Trinajstić information content (AvgIpc) is 3.12. The van der Waals surface area contributed by atoms with Gasteiger partial charge in [0.15, 0.2) is 0 Å². The van der Waals surface area contributed by atoms with Crippen LogP contribution >= 0.6 is 0 Å². The zero-order valence-corrected chi connectivity index (χ0v) is 8.81. The van der Waals surface area contributed by atoms with E-state index in [0.29, 0.717) is 0 Å². The Morgan fingerprint density at radius 2 is 1.81 bits per heavy atom. The van der Waals surface area contributed by atoms with Gasteiger partial charge >= 0.3 is 6.03 Å². The van der Waals surface area contributed by atoms with Gasteiger partial charge in [0.2, 0.25) is 0 Å². The van der Waals surface area contributed by atoms with Gasteiger partial charge in [0.1, 0.15) is 0 Å². The number of nitrogens with zero attached hydrogens (tertiary/aromatic N) is 1. The normalized spacial score (nSPS) is 13.9. The summed E-state index contributed by atoms with van der Waals surface area (Å²) in [6.07, 6.45) is 0.